The molecular formula is C11H20BrN3O2. The number of alkyl halides is 1. The summed E-state index contributed by atoms with van der Waals surface area (Å²) >= 11 is 3.42. The minimum Gasteiger partial charge on any atom is -0.383 e. The highest BCUT2D eigenvalue weighted by molar-refractivity contribution is 9.08. The molecule has 1 heterocycles. The molecule has 0 N–H and O–H groups in total. The van der Waals surface area contributed by atoms with Crippen molar-refractivity contribution in [1.82, 2.24) is 14.8 Å². The third-order valence-electron chi connectivity index (χ3n) is 3.06. The number of aromatic nitrogens is 3. The number of rotatable bonds is 7. The van der Waals surface area contributed by atoms with Gasteiger partial charge in [-0.25, -0.2) is 0 Å². The average Bonchev–Trinajstić information content (AvgIpc) is 2.78. The first-order valence-corrected chi connectivity index (χ1v) is 6.77. The Balaban J connectivity index is 3.09. The molecule has 0 fully saturated rings. The van der Waals surface area contributed by atoms with E-state index < -0.39 is 5.60 Å². The van der Waals surface area contributed by atoms with Gasteiger partial charge in [0.2, 0.25) is 0 Å². The average molecular weight is 306 g/mol. The number of hydrogen-bond donors (Lipinski definition) is 0. The van der Waals surface area contributed by atoms with Gasteiger partial charge in [0.25, 0.3) is 0 Å². The van der Waals surface area contributed by atoms with E-state index in [1.807, 2.05) is 6.92 Å². The van der Waals surface area contributed by atoms with Crippen molar-refractivity contribution in [3.8, 4) is 0 Å². The third kappa shape index (κ3) is 3.05. The van der Waals surface area contributed by atoms with Gasteiger partial charge in [-0.1, -0.05) is 22.9 Å². The van der Waals surface area contributed by atoms with Crippen LogP contribution in [-0.2, 0) is 26.9 Å². The van der Waals surface area contributed by atoms with E-state index >= 15 is 0 Å². The predicted molar refractivity (Wildman–Crippen MR) is 69.2 cm³/mol. The molecule has 0 saturated heterocycles. The fourth-order valence-electron chi connectivity index (χ4n) is 1.64. The van der Waals surface area contributed by atoms with Crippen molar-refractivity contribution in [3.05, 3.63) is 11.6 Å². The van der Waals surface area contributed by atoms with Crippen molar-refractivity contribution in [3.63, 3.8) is 0 Å². The zero-order valence-corrected chi connectivity index (χ0v) is 12.5. The number of ether oxygens (including phenoxy) is 2. The summed E-state index contributed by atoms with van der Waals surface area (Å²) in [5.74, 6) is 1.75. The molecule has 1 atom stereocenters. The van der Waals surface area contributed by atoms with E-state index in [0.29, 0.717) is 11.9 Å². The van der Waals surface area contributed by atoms with Gasteiger partial charge in [-0.3, -0.25) is 0 Å². The van der Waals surface area contributed by atoms with E-state index in [1.54, 1.807) is 14.2 Å². The maximum atomic E-state index is 5.57. The molecule has 1 rings (SSSR count). The molecule has 1 aromatic rings. The van der Waals surface area contributed by atoms with Crippen molar-refractivity contribution in [2.75, 3.05) is 20.8 Å². The Labute approximate surface area is 111 Å². The van der Waals surface area contributed by atoms with Crippen molar-refractivity contribution in [1.29, 1.82) is 0 Å². The second kappa shape index (κ2) is 6.47. The van der Waals surface area contributed by atoms with E-state index in [0.717, 1.165) is 24.6 Å². The van der Waals surface area contributed by atoms with Gasteiger partial charge in [0.1, 0.15) is 11.4 Å². The van der Waals surface area contributed by atoms with Gasteiger partial charge in [-0.05, 0) is 13.3 Å². The van der Waals surface area contributed by atoms with E-state index in [-0.39, 0.29) is 0 Å². The highest BCUT2D eigenvalue weighted by Crippen LogP contribution is 2.27. The van der Waals surface area contributed by atoms with Crippen LogP contribution in [0.15, 0.2) is 0 Å². The molecule has 0 aliphatic rings. The second-order valence-corrected chi connectivity index (χ2v) is 4.57. The molecule has 98 valence electrons. The molecule has 0 bridgehead atoms. The highest BCUT2D eigenvalue weighted by atomic mass is 79.9. The quantitative estimate of drug-likeness (QED) is 0.724. The Kier molecular flexibility index (Phi) is 5.55. The summed E-state index contributed by atoms with van der Waals surface area (Å²) in [6.07, 6.45) is 0.844. The van der Waals surface area contributed by atoms with Crippen molar-refractivity contribution in [2.24, 2.45) is 0 Å². The standard InChI is InChI=1S/C11H20BrN3O2/c1-5-11(2,17-4)10-14-13-9(8-12)15(10)6-7-16-3/h5-8H2,1-4H3. The van der Waals surface area contributed by atoms with Gasteiger partial charge in [0.15, 0.2) is 5.82 Å². The van der Waals surface area contributed by atoms with Crippen LogP contribution in [0.1, 0.15) is 31.9 Å². The lowest BCUT2D eigenvalue weighted by Crippen LogP contribution is -2.29. The molecule has 0 aliphatic heterocycles. The predicted octanol–water partition coefficient (Wildman–Crippen LogP) is 2.09. The summed E-state index contributed by atoms with van der Waals surface area (Å²) in [5, 5.41) is 9.11. The highest BCUT2D eigenvalue weighted by Gasteiger charge is 2.31. The van der Waals surface area contributed by atoms with Crippen molar-refractivity contribution in [2.45, 2.75) is 37.7 Å². The zero-order chi connectivity index (χ0) is 12.9. The SMILES string of the molecule is CCC(C)(OC)c1nnc(CBr)n1CCOC. The van der Waals surface area contributed by atoms with Gasteiger partial charge in [0, 0.05) is 20.8 Å². The minimum atomic E-state index is -0.402. The molecule has 0 saturated carbocycles. The molecule has 0 spiro atoms. The van der Waals surface area contributed by atoms with Crippen LogP contribution in [0.5, 0.6) is 0 Å². The first-order valence-electron chi connectivity index (χ1n) is 5.65. The molecule has 0 radical (unpaired) electrons. The number of halogens is 1. The molecule has 0 amide bonds. The fourth-order valence-corrected chi connectivity index (χ4v) is 2.05. The van der Waals surface area contributed by atoms with Gasteiger partial charge >= 0.3 is 0 Å². The zero-order valence-electron chi connectivity index (χ0n) is 10.9. The van der Waals surface area contributed by atoms with Gasteiger partial charge < -0.3 is 14.0 Å². The fraction of sp³-hybridized carbons (Fsp3) is 0.818. The molecule has 1 unspecified atom stereocenters. The normalized spacial score (nSPS) is 14.9. The Morgan fingerprint density at radius 1 is 1.35 bits per heavy atom. The van der Waals surface area contributed by atoms with Gasteiger partial charge in [0.05, 0.1) is 11.9 Å². The van der Waals surface area contributed by atoms with E-state index in [9.17, 15) is 0 Å². The summed E-state index contributed by atoms with van der Waals surface area (Å²) in [6, 6.07) is 0. The monoisotopic (exact) mass is 305 g/mol. The lowest BCUT2D eigenvalue weighted by molar-refractivity contribution is -0.0129. The van der Waals surface area contributed by atoms with Gasteiger partial charge in [-0.2, -0.15) is 0 Å². The van der Waals surface area contributed by atoms with Crippen LogP contribution < -0.4 is 0 Å². The lowest BCUT2D eigenvalue weighted by atomic mass is 10.0. The number of nitrogens with zero attached hydrogens (tertiary/aromatic N) is 3. The molecule has 5 nitrogen and oxygen atoms in total. The number of methoxy groups -OCH3 is 2. The lowest BCUT2D eigenvalue weighted by Gasteiger charge is -2.26. The van der Waals surface area contributed by atoms with Crippen LogP contribution in [0.2, 0.25) is 0 Å². The van der Waals surface area contributed by atoms with E-state index in [1.165, 1.54) is 0 Å². The molecule has 6 heteroatoms. The van der Waals surface area contributed by atoms with Crippen LogP contribution in [-0.4, -0.2) is 35.6 Å². The van der Waals surface area contributed by atoms with Crippen LogP contribution in [0, 0.1) is 0 Å². The molecule has 17 heavy (non-hydrogen) atoms. The second-order valence-electron chi connectivity index (χ2n) is 4.01. The van der Waals surface area contributed by atoms with Crippen LogP contribution >= 0.6 is 15.9 Å². The number of hydrogen-bond acceptors (Lipinski definition) is 4. The third-order valence-corrected chi connectivity index (χ3v) is 3.57. The largest absolute Gasteiger partial charge is 0.383 e. The summed E-state index contributed by atoms with van der Waals surface area (Å²) in [4.78, 5) is 0. The van der Waals surface area contributed by atoms with Crippen LogP contribution in [0.3, 0.4) is 0 Å². The van der Waals surface area contributed by atoms with E-state index in [4.69, 9.17) is 9.47 Å². The topological polar surface area (TPSA) is 49.2 Å². The molecule has 0 aliphatic carbocycles. The smallest absolute Gasteiger partial charge is 0.165 e. The summed E-state index contributed by atoms with van der Waals surface area (Å²) in [6.45, 7) is 5.47. The minimum absolute atomic E-state index is 0.402. The summed E-state index contributed by atoms with van der Waals surface area (Å²) in [7, 11) is 3.39. The van der Waals surface area contributed by atoms with Crippen molar-refractivity contribution < 1.29 is 9.47 Å². The van der Waals surface area contributed by atoms with Gasteiger partial charge in [-0.15, -0.1) is 10.2 Å². The van der Waals surface area contributed by atoms with Crippen LogP contribution in [0.25, 0.3) is 0 Å². The summed E-state index contributed by atoms with van der Waals surface area (Å²) < 4.78 is 12.7. The Bertz CT molecular complexity index is 350. The Hall–Kier alpha value is -0.460. The van der Waals surface area contributed by atoms with Crippen LogP contribution in [0.4, 0.5) is 0 Å². The first kappa shape index (κ1) is 14.6. The molecular weight excluding hydrogens is 286 g/mol. The van der Waals surface area contributed by atoms with E-state index in [2.05, 4.69) is 37.6 Å². The molecule has 0 aromatic carbocycles. The maximum Gasteiger partial charge on any atom is 0.165 e. The summed E-state index contributed by atoms with van der Waals surface area (Å²) in [5.41, 5.74) is -0.402. The molecule has 1 aromatic heterocycles. The Morgan fingerprint density at radius 3 is 2.53 bits per heavy atom. The first-order chi connectivity index (χ1) is 8.12. The maximum absolute atomic E-state index is 5.57. The Morgan fingerprint density at radius 2 is 2.06 bits per heavy atom. The van der Waals surface area contributed by atoms with Crippen molar-refractivity contribution >= 4 is 15.9 Å².